The molecule has 1 aliphatic rings. The Hall–Kier alpha value is -0.630. The van der Waals surface area contributed by atoms with Crippen LogP contribution in [0.25, 0.3) is 0 Å². The highest BCUT2D eigenvalue weighted by molar-refractivity contribution is 5.12. The predicted octanol–water partition coefficient (Wildman–Crippen LogP) is -0.361. The summed E-state index contributed by atoms with van der Waals surface area (Å²) in [4.78, 5) is 0. The van der Waals surface area contributed by atoms with Crippen molar-refractivity contribution in [2.75, 3.05) is 19.8 Å². The van der Waals surface area contributed by atoms with E-state index in [0.717, 1.165) is 0 Å². The summed E-state index contributed by atoms with van der Waals surface area (Å²) in [5.41, 5.74) is -1.15. The van der Waals surface area contributed by atoms with Crippen molar-refractivity contribution in [2.24, 2.45) is 0 Å². The van der Waals surface area contributed by atoms with Crippen LogP contribution in [0.5, 0.6) is 0 Å². The summed E-state index contributed by atoms with van der Waals surface area (Å²) in [7, 11) is 0. The Morgan fingerprint density at radius 1 is 1.58 bits per heavy atom. The SMILES string of the molecule is CC1(C)COCC(C#N)(CO)N1. The van der Waals surface area contributed by atoms with Gasteiger partial charge in [0.1, 0.15) is 0 Å². The molecule has 0 spiro atoms. The summed E-state index contributed by atoms with van der Waals surface area (Å²) in [5.74, 6) is 0. The Kier molecular flexibility index (Phi) is 2.38. The van der Waals surface area contributed by atoms with Gasteiger partial charge in [0.25, 0.3) is 0 Å². The van der Waals surface area contributed by atoms with E-state index >= 15 is 0 Å². The molecule has 1 atom stereocenters. The molecule has 0 aliphatic carbocycles. The Morgan fingerprint density at radius 3 is 2.58 bits per heavy atom. The van der Waals surface area contributed by atoms with Gasteiger partial charge in [-0.15, -0.1) is 0 Å². The van der Waals surface area contributed by atoms with E-state index in [1.807, 2.05) is 19.9 Å². The average molecular weight is 170 g/mol. The quantitative estimate of drug-likeness (QED) is 0.564. The van der Waals surface area contributed by atoms with E-state index < -0.39 is 5.54 Å². The number of ether oxygens (including phenoxy) is 1. The molecule has 1 saturated heterocycles. The highest BCUT2D eigenvalue weighted by atomic mass is 16.5. The molecule has 4 heteroatoms. The van der Waals surface area contributed by atoms with Gasteiger partial charge in [-0.1, -0.05) is 0 Å². The Bertz CT molecular complexity index is 210. The molecule has 1 rings (SSSR count). The van der Waals surface area contributed by atoms with Crippen LogP contribution in [-0.2, 0) is 4.74 Å². The molecule has 0 amide bonds. The number of hydrogen-bond acceptors (Lipinski definition) is 4. The van der Waals surface area contributed by atoms with Crippen LogP contribution < -0.4 is 5.32 Å². The van der Waals surface area contributed by atoms with Gasteiger partial charge in [0, 0.05) is 5.54 Å². The smallest absolute Gasteiger partial charge is 0.153 e. The van der Waals surface area contributed by atoms with Gasteiger partial charge in [0.15, 0.2) is 5.54 Å². The van der Waals surface area contributed by atoms with Crippen molar-refractivity contribution in [1.29, 1.82) is 5.26 Å². The largest absolute Gasteiger partial charge is 0.393 e. The number of nitrogens with zero attached hydrogens (tertiary/aromatic N) is 1. The number of hydrogen-bond donors (Lipinski definition) is 2. The average Bonchev–Trinajstić information content (AvgIpc) is 2.02. The molecule has 0 saturated carbocycles. The van der Waals surface area contributed by atoms with E-state index in [-0.39, 0.29) is 18.8 Å². The van der Waals surface area contributed by atoms with Crippen LogP contribution in [0, 0.1) is 11.3 Å². The molecule has 1 fully saturated rings. The maximum atomic E-state index is 9.01. The molecule has 12 heavy (non-hydrogen) atoms. The fraction of sp³-hybridized carbons (Fsp3) is 0.875. The maximum Gasteiger partial charge on any atom is 0.153 e. The van der Waals surface area contributed by atoms with Gasteiger partial charge in [0.05, 0.1) is 25.9 Å². The lowest BCUT2D eigenvalue weighted by atomic mass is 9.95. The molecule has 0 aromatic heterocycles. The van der Waals surface area contributed by atoms with E-state index in [1.165, 1.54) is 0 Å². The lowest BCUT2D eigenvalue weighted by Crippen LogP contribution is -2.65. The van der Waals surface area contributed by atoms with E-state index in [1.54, 1.807) is 0 Å². The zero-order valence-corrected chi connectivity index (χ0v) is 7.42. The lowest BCUT2D eigenvalue weighted by Gasteiger charge is -2.40. The molecule has 0 aromatic rings. The second kappa shape index (κ2) is 3.02. The van der Waals surface area contributed by atoms with E-state index in [9.17, 15) is 0 Å². The van der Waals surface area contributed by atoms with Gasteiger partial charge in [-0.2, -0.15) is 5.26 Å². The minimum Gasteiger partial charge on any atom is -0.393 e. The van der Waals surface area contributed by atoms with Crippen molar-refractivity contribution >= 4 is 0 Å². The molecule has 2 N–H and O–H groups in total. The number of morpholine rings is 1. The summed E-state index contributed by atoms with van der Waals surface area (Å²) in [6, 6.07) is 2.04. The molecule has 1 unspecified atom stereocenters. The summed E-state index contributed by atoms with van der Waals surface area (Å²) in [6.07, 6.45) is 0. The molecular formula is C8H14N2O2. The first kappa shape index (κ1) is 9.46. The molecule has 0 bridgehead atoms. The number of aliphatic hydroxyl groups is 1. The van der Waals surface area contributed by atoms with E-state index in [4.69, 9.17) is 15.1 Å². The predicted molar refractivity (Wildman–Crippen MR) is 43.5 cm³/mol. The normalized spacial score (nSPS) is 34.2. The monoisotopic (exact) mass is 170 g/mol. The van der Waals surface area contributed by atoms with Crippen molar-refractivity contribution in [3.05, 3.63) is 0 Å². The Labute approximate surface area is 72.1 Å². The first-order valence-corrected chi connectivity index (χ1v) is 3.93. The number of nitrogens with one attached hydrogen (secondary N) is 1. The molecule has 1 aliphatic heterocycles. The van der Waals surface area contributed by atoms with Crippen LogP contribution >= 0.6 is 0 Å². The van der Waals surface area contributed by atoms with Crippen LogP contribution in [0.3, 0.4) is 0 Å². The Balaban J connectivity index is 2.74. The first-order chi connectivity index (χ1) is 5.54. The first-order valence-electron chi connectivity index (χ1n) is 3.93. The lowest BCUT2D eigenvalue weighted by molar-refractivity contribution is -0.0286. The Morgan fingerprint density at radius 2 is 2.25 bits per heavy atom. The zero-order valence-electron chi connectivity index (χ0n) is 7.42. The van der Waals surface area contributed by atoms with Gasteiger partial charge in [-0.25, -0.2) is 0 Å². The fourth-order valence-corrected chi connectivity index (χ4v) is 1.38. The summed E-state index contributed by atoms with van der Waals surface area (Å²) < 4.78 is 5.24. The zero-order chi connectivity index (χ0) is 9.24. The minimum atomic E-state index is -0.915. The van der Waals surface area contributed by atoms with Gasteiger partial charge in [0.2, 0.25) is 0 Å². The molecule has 0 aromatic carbocycles. The van der Waals surface area contributed by atoms with Crippen LogP contribution in [0.4, 0.5) is 0 Å². The minimum absolute atomic E-state index is 0.215. The van der Waals surface area contributed by atoms with Crippen molar-refractivity contribution in [2.45, 2.75) is 24.9 Å². The molecule has 68 valence electrons. The summed E-state index contributed by atoms with van der Waals surface area (Å²) in [6.45, 7) is 4.48. The topological polar surface area (TPSA) is 65.3 Å². The molecule has 0 radical (unpaired) electrons. The second-order valence-corrected chi connectivity index (χ2v) is 3.85. The highest BCUT2D eigenvalue weighted by Gasteiger charge is 2.39. The van der Waals surface area contributed by atoms with Gasteiger partial charge < -0.3 is 9.84 Å². The van der Waals surface area contributed by atoms with Crippen molar-refractivity contribution in [3.8, 4) is 6.07 Å². The molecular weight excluding hydrogens is 156 g/mol. The molecule has 4 nitrogen and oxygen atoms in total. The van der Waals surface area contributed by atoms with E-state index in [0.29, 0.717) is 6.61 Å². The van der Waals surface area contributed by atoms with Crippen LogP contribution in [0.15, 0.2) is 0 Å². The molecule has 1 heterocycles. The van der Waals surface area contributed by atoms with Crippen LogP contribution in [0.1, 0.15) is 13.8 Å². The number of nitriles is 1. The van der Waals surface area contributed by atoms with E-state index in [2.05, 4.69) is 5.32 Å². The van der Waals surface area contributed by atoms with Crippen molar-refractivity contribution in [1.82, 2.24) is 5.32 Å². The number of aliphatic hydroxyl groups excluding tert-OH is 1. The summed E-state index contributed by atoms with van der Waals surface area (Å²) >= 11 is 0. The maximum absolute atomic E-state index is 9.01. The third-order valence-electron chi connectivity index (χ3n) is 1.87. The third-order valence-corrected chi connectivity index (χ3v) is 1.87. The third kappa shape index (κ3) is 1.75. The van der Waals surface area contributed by atoms with Gasteiger partial charge in [-0.05, 0) is 13.8 Å². The van der Waals surface area contributed by atoms with Crippen LogP contribution in [0.2, 0.25) is 0 Å². The standard InChI is InChI=1S/C8H14N2O2/c1-7(2)5-12-6-8(3-9,4-11)10-7/h10-11H,4-6H2,1-2H3. The fourth-order valence-electron chi connectivity index (χ4n) is 1.38. The van der Waals surface area contributed by atoms with Crippen molar-refractivity contribution in [3.63, 3.8) is 0 Å². The van der Waals surface area contributed by atoms with Gasteiger partial charge >= 0.3 is 0 Å². The number of rotatable bonds is 1. The second-order valence-electron chi connectivity index (χ2n) is 3.85. The van der Waals surface area contributed by atoms with Crippen LogP contribution in [-0.4, -0.2) is 36.0 Å². The highest BCUT2D eigenvalue weighted by Crippen LogP contribution is 2.17. The van der Waals surface area contributed by atoms with Crippen molar-refractivity contribution < 1.29 is 9.84 Å². The van der Waals surface area contributed by atoms with Gasteiger partial charge in [-0.3, -0.25) is 5.32 Å². The summed E-state index contributed by atoms with van der Waals surface area (Å²) in [5, 5.41) is 20.9.